The molecule has 1 saturated carbocycles. The van der Waals surface area contributed by atoms with Gasteiger partial charge < -0.3 is 9.64 Å². The fraction of sp³-hybridized carbons (Fsp3) is 0.667. The number of rotatable bonds is 3. The lowest BCUT2D eigenvalue weighted by atomic mass is 9.59. The van der Waals surface area contributed by atoms with Gasteiger partial charge >= 0.3 is 5.97 Å². The number of anilines is 1. The van der Waals surface area contributed by atoms with Gasteiger partial charge in [0.15, 0.2) is 0 Å². The molecule has 168 valence electrons. The van der Waals surface area contributed by atoms with Crippen molar-refractivity contribution in [1.29, 1.82) is 0 Å². The summed E-state index contributed by atoms with van der Waals surface area (Å²) in [7, 11) is 0. The Morgan fingerprint density at radius 3 is 2.68 bits per heavy atom. The minimum atomic E-state index is 0.00355. The van der Waals surface area contributed by atoms with Crippen LogP contribution in [0.2, 0.25) is 0 Å². The average molecular weight is 423 g/mol. The summed E-state index contributed by atoms with van der Waals surface area (Å²) < 4.78 is 5.97. The minimum Gasteiger partial charge on any atom is -0.461 e. The van der Waals surface area contributed by atoms with E-state index < -0.39 is 0 Å². The Bertz CT molecular complexity index is 885. The molecular formula is C27H38N2O2. The Balaban J connectivity index is 1.26. The van der Waals surface area contributed by atoms with Crippen molar-refractivity contribution in [3.05, 3.63) is 41.0 Å². The molecule has 0 amide bonds. The molecule has 0 radical (unpaired) electrons. The summed E-state index contributed by atoms with van der Waals surface area (Å²) in [6, 6.07) is 6.74. The van der Waals surface area contributed by atoms with Crippen LogP contribution in [0.5, 0.6) is 0 Å². The van der Waals surface area contributed by atoms with Crippen LogP contribution >= 0.6 is 0 Å². The highest BCUT2D eigenvalue weighted by atomic mass is 16.6. The van der Waals surface area contributed by atoms with Crippen molar-refractivity contribution >= 4 is 11.7 Å². The molecule has 2 aliphatic heterocycles. The first-order valence-electron chi connectivity index (χ1n) is 12.3. The summed E-state index contributed by atoms with van der Waals surface area (Å²) in [5, 5.41) is 0. The van der Waals surface area contributed by atoms with Crippen LogP contribution in [0.4, 0.5) is 5.69 Å². The monoisotopic (exact) mass is 422 g/mol. The Morgan fingerprint density at radius 1 is 1.16 bits per heavy atom. The van der Waals surface area contributed by atoms with E-state index in [0.29, 0.717) is 5.92 Å². The molecule has 0 bridgehead atoms. The summed E-state index contributed by atoms with van der Waals surface area (Å²) in [6.07, 6.45) is 7.44. The Morgan fingerprint density at radius 2 is 1.94 bits per heavy atom. The number of fused-ring (bicyclic) bond motifs is 2. The van der Waals surface area contributed by atoms with Crippen molar-refractivity contribution < 1.29 is 9.53 Å². The number of hydrogen-bond acceptors (Lipinski definition) is 4. The quantitative estimate of drug-likeness (QED) is 0.520. The summed E-state index contributed by atoms with van der Waals surface area (Å²) in [4.78, 5) is 17.9. The van der Waals surface area contributed by atoms with Gasteiger partial charge in [-0.2, -0.15) is 0 Å². The normalized spacial score (nSPS) is 35.9. The highest BCUT2D eigenvalue weighted by molar-refractivity contribution is 5.76. The maximum Gasteiger partial charge on any atom is 0.311 e. The van der Waals surface area contributed by atoms with E-state index in [9.17, 15) is 4.79 Å². The van der Waals surface area contributed by atoms with Crippen LogP contribution in [0.25, 0.3) is 0 Å². The van der Waals surface area contributed by atoms with Crippen molar-refractivity contribution in [3.63, 3.8) is 0 Å². The van der Waals surface area contributed by atoms with Gasteiger partial charge in [0.25, 0.3) is 0 Å². The van der Waals surface area contributed by atoms with E-state index in [1.54, 1.807) is 5.57 Å². The van der Waals surface area contributed by atoms with E-state index in [-0.39, 0.29) is 29.3 Å². The van der Waals surface area contributed by atoms with Crippen LogP contribution in [0.3, 0.4) is 0 Å². The fourth-order valence-electron chi connectivity index (χ4n) is 6.87. The fourth-order valence-corrected chi connectivity index (χ4v) is 6.87. The lowest BCUT2D eigenvalue weighted by Crippen LogP contribution is -2.49. The van der Waals surface area contributed by atoms with Crippen LogP contribution in [-0.4, -0.2) is 49.7 Å². The zero-order chi connectivity index (χ0) is 21.8. The minimum absolute atomic E-state index is 0.00355. The number of esters is 1. The zero-order valence-electron chi connectivity index (χ0n) is 19.7. The summed E-state index contributed by atoms with van der Waals surface area (Å²) in [6.45, 7) is 14.1. The number of nitrogens with zero attached hydrogens (tertiary/aromatic N) is 2. The van der Waals surface area contributed by atoms with Gasteiger partial charge in [-0.1, -0.05) is 49.6 Å². The molecule has 0 unspecified atom stereocenters. The Hall–Kier alpha value is -1.81. The van der Waals surface area contributed by atoms with Gasteiger partial charge in [0.2, 0.25) is 0 Å². The first kappa shape index (κ1) is 21.1. The van der Waals surface area contributed by atoms with E-state index in [4.69, 9.17) is 4.74 Å². The van der Waals surface area contributed by atoms with Crippen molar-refractivity contribution in [2.45, 2.75) is 59.5 Å². The first-order valence-corrected chi connectivity index (χ1v) is 12.3. The number of aryl methyl sites for hydroxylation is 2. The third kappa shape index (κ3) is 3.82. The third-order valence-corrected chi connectivity index (χ3v) is 8.60. The standard InChI is InChI=1S/C27H38N2O2/c1-18-7-8-24(20(3)14-18)29-12-10-28(11-13-29)17-22-21-15-23-19(2)6-5-9-27(23,4)16-25(21)31-26(22)30/h7-8,14-15,19,21-22,25H,5-6,9-13,16-17H2,1-4H3/t19-,21+,22-,25+,27+/m0/s1. The molecular weight excluding hydrogens is 384 g/mol. The molecule has 0 spiro atoms. The Labute approximate surface area is 187 Å². The van der Waals surface area contributed by atoms with Crippen molar-refractivity contribution in [1.82, 2.24) is 4.90 Å². The summed E-state index contributed by atoms with van der Waals surface area (Å²) in [5.41, 5.74) is 5.88. The van der Waals surface area contributed by atoms with Gasteiger partial charge in [0.1, 0.15) is 6.10 Å². The smallest absolute Gasteiger partial charge is 0.311 e. The van der Waals surface area contributed by atoms with Crippen LogP contribution in [0.1, 0.15) is 50.7 Å². The van der Waals surface area contributed by atoms with Gasteiger partial charge in [-0.25, -0.2) is 0 Å². The second kappa shape index (κ2) is 7.95. The maximum atomic E-state index is 12.9. The van der Waals surface area contributed by atoms with Crippen molar-refractivity contribution in [2.24, 2.45) is 23.2 Å². The molecule has 5 rings (SSSR count). The number of benzene rings is 1. The van der Waals surface area contributed by atoms with E-state index in [1.165, 1.54) is 36.1 Å². The molecule has 1 aromatic rings. The average Bonchev–Trinajstić information content (AvgIpc) is 3.01. The first-order chi connectivity index (χ1) is 14.8. The molecule has 0 aromatic heterocycles. The van der Waals surface area contributed by atoms with Gasteiger partial charge in [-0.15, -0.1) is 0 Å². The molecule has 4 aliphatic rings. The lowest BCUT2D eigenvalue weighted by Gasteiger charge is -2.46. The van der Waals surface area contributed by atoms with Gasteiger partial charge in [0.05, 0.1) is 5.92 Å². The number of hydrogen-bond donors (Lipinski definition) is 0. The van der Waals surface area contributed by atoms with E-state index in [2.05, 4.69) is 61.8 Å². The molecule has 2 heterocycles. The number of allylic oxidation sites excluding steroid dienone is 1. The van der Waals surface area contributed by atoms with Crippen LogP contribution in [0, 0.1) is 37.0 Å². The largest absolute Gasteiger partial charge is 0.461 e. The zero-order valence-corrected chi connectivity index (χ0v) is 19.7. The van der Waals surface area contributed by atoms with Gasteiger partial charge in [-0.05, 0) is 56.1 Å². The van der Waals surface area contributed by atoms with E-state index >= 15 is 0 Å². The predicted octanol–water partition coefficient (Wildman–Crippen LogP) is 4.74. The second-order valence-corrected chi connectivity index (χ2v) is 10.9. The molecule has 4 nitrogen and oxygen atoms in total. The van der Waals surface area contributed by atoms with Crippen molar-refractivity contribution in [3.8, 4) is 0 Å². The number of ether oxygens (including phenoxy) is 1. The number of carbonyl (C=O) groups excluding carboxylic acids is 1. The van der Waals surface area contributed by atoms with Crippen molar-refractivity contribution in [2.75, 3.05) is 37.6 Å². The summed E-state index contributed by atoms with van der Waals surface area (Å²) >= 11 is 0. The number of piperazine rings is 1. The van der Waals surface area contributed by atoms with Gasteiger partial charge in [-0.3, -0.25) is 9.69 Å². The number of carbonyl (C=O) groups is 1. The van der Waals surface area contributed by atoms with E-state index in [1.807, 2.05) is 0 Å². The molecule has 3 fully saturated rings. The second-order valence-electron chi connectivity index (χ2n) is 10.9. The highest BCUT2D eigenvalue weighted by Gasteiger charge is 2.52. The van der Waals surface area contributed by atoms with Crippen LogP contribution < -0.4 is 4.90 Å². The molecule has 0 N–H and O–H groups in total. The lowest BCUT2D eigenvalue weighted by molar-refractivity contribution is -0.145. The predicted molar refractivity (Wildman–Crippen MR) is 125 cm³/mol. The molecule has 2 aliphatic carbocycles. The molecule has 2 saturated heterocycles. The van der Waals surface area contributed by atoms with Gasteiger partial charge in [0, 0.05) is 44.3 Å². The Kier molecular flexibility index (Phi) is 5.40. The SMILES string of the molecule is Cc1ccc(N2CCN(C[C@@H]3C(=O)O[C@@H]4C[C@@]5(C)CCC[C@H](C)C5=C[C@H]34)CC2)c(C)c1. The molecule has 31 heavy (non-hydrogen) atoms. The van der Waals surface area contributed by atoms with E-state index in [0.717, 1.165) is 39.1 Å². The van der Waals surface area contributed by atoms with Crippen LogP contribution in [0.15, 0.2) is 29.8 Å². The highest BCUT2D eigenvalue weighted by Crippen LogP contribution is 2.54. The molecule has 1 aromatic carbocycles. The maximum absolute atomic E-state index is 12.9. The topological polar surface area (TPSA) is 32.8 Å². The third-order valence-electron chi connectivity index (χ3n) is 8.60. The molecule has 5 atom stereocenters. The molecule has 4 heteroatoms. The summed E-state index contributed by atoms with van der Waals surface area (Å²) in [5.74, 6) is 0.966. The van der Waals surface area contributed by atoms with Crippen LogP contribution in [-0.2, 0) is 9.53 Å².